The van der Waals surface area contributed by atoms with Crippen molar-refractivity contribution in [3.05, 3.63) is 85.1 Å². The zero-order valence-corrected chi connectivity index (χ0v) is 53.4. The maximum absolute atomic E-state index is 13.3. The summed E-state index contributed by atoms with van der Waals surface area (Å²) in [4.78, 5) is 13.3. The highest BCUT2D eigenvalue weighted by Gasteiger charge is 2.53. The predicted molar refractivity (Wildman–Crippen MR) is 341 cm³/mol. The molecule has 19 nitrogen and oxygen atoms in total. The second kappa shape index (κ2) is 50.5. The third kappa shape index (κ3) is 32.5. The van der Waals surface area contributed by atoms with Crippen LogP contribution in [0.25, 0.3) is 0 Å². The maximum Gasteiger partial charge on any atom is 0.220 e. The lowest BCUT2D eigenvalue weighted by molar-refractivity contribution is -0.379. The largest absolute Gasteiger partial charge is 0.394 e. The molecule has 0 aromatic carbocycles. The Kier molecular flexibility index (Phi) is 45.5. The van der Waals surface area contributed by atoms with Gasteiger partial charge in [-0.25, -0.2) is 0 Å². The van der Waals surface area contributed by atoms with E-state index >= 15 is 0 Å². The van der Waals surface area contributed by atoms with Crippen molar-refractivity contribution >= 4 is 5.91 Å². The van der Waals surface area contributed by atoms with Crippen LogP contribution in [0.15, 0.2) is 85.1 Å². The summed E-state index contributed by atoms with van der Waals surface area (Å²) >= 11 is 0. The minimum Gasteiger partial charge on any atom is -0.394 e. The van der Waals surface area contributed by atoms with Gasteiger partial charge >= 0.3 is 0 Å². The number of carbonyl (C=O) groups is 1. The Hall–Kier alpha value is -3.03. The second-order valence-corrected chi connectivity index (χ2v) is 23.9. The molecule has 1 amide bonds. The van der Waals surface area contributed by atoms with E-state index in [0.717, 1.165) is 103 Å². The number of unbranched alkanes of at least 4 members (excludes halogenated alkanes) is 20. The molecule has 19 heteroatoms. The van der Waals surface area contributed by atoms with Crippen molar-refractivity contribution in [1.82, 2.24) is 5.32 Å². The molecule has 17 unspecified atom stereocenters. The van der Waals surface area contributed by atoms with Gasteiger partial charge in [-0.3, -0.25) is 4.79 Å². The Labute approximate surface area is 527 Å². The molecular formula is C69H119NO18. The van der Waals surface area contributed by atoms with Gasteiger partial charge in [0.1, 0.15) is 73.2 Å². The fourth-order valence-electron chi connectivity index (χ4n) is 11.0. The molecule has 0 aliphatic carbocycles. The second-order valence-electron chi connectivity index (χ2n) is 23.9. The number of carbonyl (C=O) groups excluding carboxylic acids is 1. The van der Waals surface area contributed by atoms with Crippen molar-refractivity contribution in [3.63, 3.8) is 0 Å². The molecule has 3 fully saturated rings. The van der Waals surface area contributed by atoms with Gasteiger partial charge in [-0.05, 0) is 70.6 Å². The normalized spacial score (nSPS) is 28.9. The summed E-state index contributed by atoms with van der Waals surface area (Å²) in [6.45, 7) is 1.62. The molecule has 0 aromatic heterocycles. The van der Waals surface area contributed by atoms with Crippen LogP contribution in [-0.2, 0) is 33.2 Å². The number of amides is 1. The van der Waals surface area contributed by atoms with E-state index in [9.17, 15) is 61.0 Å². The molecule has 3 heterocycles. The molecule has 3 saturated heterocycles. The predicted octanol–water partition coefficient (Wildman–Crippen LogP) is 8.32. The summed E-state index contributed by atoms with van der Waals surface area (Å²) in [5.74, 6) is -0.251. The van der Waals surface area contributed by atoms with Crippen molar-refractivity contribution < 1.29 is 89.4 Å². The Morgan fingerprint density at radius 1 is 0.420 bits per heavy atom. The first-order chi connectivity index (χ1) is 42.8. The lowest BCUT2D eigenvalue weighted by atomic mass is 9.96. The molecule has 17 atom stereocenters. The van der Waals surface area contributed by atoms with Crippen molar-refractivity contribution in [2.45, 2.75) is 317 Å². The molecule has 0 saturated carbocycles. The lowest BCUT2D eigenvalue weighted by Gasteiger charge is -2.48. The molecule has 0 radical (unpaired) electrons. The quantitative estimate of drug-likeness (QED) is 0.0201. The van der Waals surface area contributed by atoms with Crippen molar-refractivity contribution in [3.8, 4) is 0 Å². The molecule has 0 spiro atoms. The van der Waals surface area contributed by atoms with Gasteiger partial charge in [0, 0.05) is 6.42 Å². The zero-order chi connectivity index (χ0) is 64.0. The third-order valence-corrected chi connectivity index (χ3v) is 16.5. The van der Waals surface area contributed by atoms with Crippen LogP contribution in [-0.4, -0.2) is 193 Å². The van der Waals surface area contributed by atoms with Gasteiger partial charge in [-0.2, -0.15) is 0 Å². The van der Waals surface area contributed by atoms with E-state index in [0.29, 0.717) is 12.8 Å². The van der Waals surface area contributed by atoms with E-state index in [1.165, 1.54) is 77.0 Å². The molecule has 12 N–H and O–H groups in total. The lowest BCUT2D eigenvalue weighted by Crippen LogP contribution is -2.66. The number of allylic oxidation sites excluding steroid dienone is 14. The number of ether oxygens (including phenoxy) is 6. The van der Waals surface area contributed by atoms with Crippen molar-refractivity contribution in [1.29, 1.82) is 0 Å². The molecular weight excluding hydrogens is 1130 g/mol. The Morgan fingerprint density at radius 3 is 1.23 bits per heavy atom. The van der Waals surface area contributed by atoms with Crippen LogP contribution in [0.2, 0.25) is 0 Å². The summed E-state index contributed by atoms with van der Waals surface area (Å²) in [7, 11) is 0. The summed E-state index contributed by atoms with van der Waals surface area (Å²) in [5.41, 5.74) is 0. The fraction of sp³-hybridized carbons (Fsp3) is 0.783. The van der Waals surface area contributed by atoms with Gasteiger partial charge in [-0.1, -0.05) is 221 Å². The topological polar surface area (TPSA) is 307 Å². The van der Waals surface area contributed by atoms with E-state index in [4.69, 9.17) is 28.4 Å². The van der Waals surface area contributed by atoms with E-state index in [2.05, 4.69) is 104 Å². The van der Waals surface area contributed by atoms with E-state index in [1.54, 1.807) is 0 Å². The van der Waals surface area contributed by atoms with Gasteiger partial charge < -0.3 is 89.9 Å². The molecule has 3 rings (SSSR count). The summed E-state index contributed by atoms with van der Waals surface area (Å²) in [6, 6.07) is -0.889. The number of hydrogen-bond acceptors (Lipinski definition) is 18. The summed E-state index contributed by atoms with van der Waals surface area (Å²) in [5, 5.41) is 120. The highest BCUT2D eigenvalue weighted by Crippen LogP contribution is 2.33. The van der Waals surface area contributed by atoms with Crippen LogP contribution in [0.5, 0.6) is 0 Å². The van der Waals surface area contributed by atoms with Gasteiger partial charge in [0.05, 0.1) is 38.6 Å². The molecule has 0 bridgehead atoms. The smallest absolute Gasteiger partial charge is 0.220 e. The van der Waals surface area contributed by atoms with Crippen LogP contribution in [0.1, 0.15) is 213 Å². The first-order valence-corrected chi connectivity index (χ1v) is 33.8. The number of nitrogens with one attached hydrogen (secondary N) is 1. The van der Waals surface area contributed by atoms with Crippen molar-refractivity contribution in [2.75, 3.05) is 26.4 Å². The average molecular weight is 1250 g/mol. The first-order valence-electron chi connectivity index (χ1n) is 33.8. The SMILES string of the molecule is CC/C=C\C/C=C\C/C=C\C/C=C\C/C=C\C/C=C\C/C=C\CCCCCCCCCCCCCCCC(=O)NC(COC1OC(CO)C(OC2OC(CO)C(OC3OC(CO)C(O)C(O)C3O)C(O)C2O)C(O)C1O)C(O)CCCCCCCCCC. The number of aliphatic hydroxyl groups is 11. The summed E-state index contributed by atoms with van der Waals surface area (Å²) in [6.07, 6.45) is 37.1. The number of aliphatic hydroxyl groups excluding tert-OH is 11. The Balaban J connectivity index is 1.31. The average Bonchev–Trinajstić information content (AvgIpc) is 1.15. The third-order valence-electron chi connectivity index (χ3n) is 16.5. The highest BCUT2D eigenvalue weighted by atomic mass is 16.8. The minimum absolute atomic E-state index is 0.251. The van der Waals surface area contributed by atoms with E-state index < -0.39 is 124 Å². The maximum atomic E-state index is 13.3. The minimum atomic E-state index is -1.97. The first kappa shape index (κ1) is 79.2. The standard InChI is InChI=1S/C69H119NO18/c1-3-5-7-9-11-13-14-15-16-17-18-19-20-21-22-23-24-25-26-27-28-29-30-31-32-33-34-35-36-37-38-39-41-43-45-47-57(75)70-52(53(74)46-44-42-40-12-10-8-6-4-2)51-83-67-63(81)60(78)65(55(49-72)85-67)88-69-64(82)61(79)66(56(50-73)86-69)87-68-62(80)59(77)58(76)54(48-71)84-68/h5,7,11,13,15-16,18-19,21-22,24-25,27-28,52-56,58-69,71-74,76-82H,3-4,6,8-10,12,14,17,20,23,26,29-51H2,1-2H3,(H,70,75)/b7-5-,13-11-,16-15-,19-18-,22-21-,25-24-,28-27-. The van der Waals surface area contributed by atoms with E-state index in [-0.39, 0.29) is 18.9 Å². The molecule has 88 heavy (non-hydrogen) atoms. The van der Waals surface area contributed by atoms with Crippen LogP contribution in [0.4, 0.5) is 0 Å². The van der Waals surface area contributed by atoms with Gasteiger partial charge in [-0.15, -0.1) is 0 Å². The molecule has 0 aromatic rings. The monoisotopic (exact) mass is 1250 g/mol. The molecule has 3 aliphatic rings. The fourth-order valence-corrected chi connectivity index (χ4v) is 11.0. The Bertz CT molecular complexity index is 1930. The van der Waals surface area contributed by atoms with Crippen molar-refractivity contribution in [2.24, 2.45) is 0 Å². The number of rotatable bonds is 50. The van der Waals surface area contributed by atoms with Crippen LogP contribution in [0, 0.1) is 0 Å². The molecule has 3 aliphatic heterocycles. The highest BCUT2D eigenvalue weighted by molar-refractivity contribution is 5.76. The van der Waals surface area contributed by atoms with Gasteiger partial charge in [0.2, 0.25) is 5.91 Å². The zero-order valence-electron chi connectivity index (χ0n) is 53.4. The van der Waals surface area contributed by atoms with Gasteiger partial charge in [0.25, 0.3) is 0 Å². The van der Waals surface area contributed by atoms with Crippen LogP contribution >= 0.6 is 0 Å². The van der Waals surface area contributed by atoms with Gasteiger partial charge in [0.15, 0.2) is 18.9 Å². The number of hydrogen-bond donors (Lipinski definition) is 12. The van der Waals surface area contributed by atoms with E-state index in [1.807, 2.05) is 0 Å². The molecule has 508 valence electrons. The Morgan fingerprint density at radius 2 is 0.784 bits per heavy atom. The van der Waals surface area contributed by atoms with Crippen LogP contribution < -0.4 is 5.32 Å². The van der Waals surface area contributed by atoms with Crippen LogP contribution in [0.3, 0.4) is 0 Å². The summed E-state index contributed by atoms with van der Waals surface area (Å²) < 4.78 is 34.3.